The van der Waals surface area contributed by atoms with Crippen molar-refractivity contribution in [3.63, 3.8) is 0 Å². The van der Waals surface area contributed by atoms with Gasteiger partial charge in [-0.2, -0.15) is 13.2 Å². The molecule has 21 heavy (non-hydrogen) atoms. The minimum absolute atomic E-state index is 0.0191. The van der Waals surface area contributed by atoms with Crippen molar-refractivity contribution in [3.8, 4) is 0 Å². The molecule has 6 heteroatoms. The molecule has 2 rings (SSSR count). The van der Waals surface area contributed by atoms with Crippen molar-refractivity contribution in [2.24, 2.45) is 0 Å². The normalized spacial score (nSPS) is 22.2. The van der Waals surface area contributed by atoms with E-state index in [-0.39, 0.29) is 6.04 Å². The van der Waals surface area contributed by atoms with E-state index < -0.39 is 11.7 Å². The van der Waals surface area contributed by atoms with Crippen LogP contribution in [0.15, 0.2) is 24.3 Å². The standard InChI is InChI=1S/C15H21F3N2O/c1-11-9-19-7-8-20(11)14(10-21-2)12-3-5-13(6-4-12)15(16,17)18/h3-6,11,14,19H,7-10H2,1-2H3/t11-,14-/m1/s1. The number of ether oxygens (including phenoxy) is 1. The molecule has 1 saturated heterocycles. The Kier molecular flexibility index (Phi) is 5.24. The van der Waals surface area contributed by atoms with E-state index in [2.05, 4.69) is 17.1 Å². The lowest BCUT2D eigenvalue weighted by Gasteiger charge is -2.40. The largest absolute Gasteiger partial charge is 0.416 e. The van der Waals surface area contributed by atoms with Crippen LogP contribution in [0.4, 0.5) is 13.2 Å². The summed E-state index contributed by atoms with van der Waals surface area (Å²) in [6.07, 6.45) is -4.29. The Morgan fingerprint density at radius 2 is 2.00 bits per heavy atom. The average Bonchev–Trinajstić information content (AvgIpc) is 2.45. The molecule has 0 aromatic heterocycles. The van der Waals surface area contributed by atoms with E-state index in [9.17, 15) is 13.2 Å². The highest BCUT2D eigenvalue weighted by molar-refractivity contribution is 5.27. The van der Waals surface area contributed by atoms with Crippen LogP contribution < -0.4 is 5.32 Å². The van der Waals surface area contributed by atoms with Crippen molar-refractivity contribution < 1.29 is 17.9 Å². The van der Waals surface area contributed by atoms with Crippen LogP contribution in [-0.2, 0) is 10.9 Å². The summed E-state index contributed by atoms with van der Waals surface area (Å²) in [6, 6.07) is 5.70. The molecule has 0 aliphatic carbocycles. The Morgan fingerprint density at radius 1 is 1.33 bits per heavy atom. The molecule has 1 aliphatic rings. The molecule has 1 heterocycles. The molecule has 0 bridgehead atoms. The molecule has 1 aromatic carbocycles. The maximum Gasteiger partial charge on any atom is 0.416 e. The first-order valence-corrected chi connectivity index (χ1v) is 7.06. The number of rotatable bonds is 4. The van der Waals surface area contributed by atoms with E-state index in [1.165, 1.54) is 0 Å². The summed E-state index contributed by atoms with van der Waals surface area (Å²) in [5.41, 5.74) is 0.245. The number of hydrogen-bond acceptors (Lipinski definition) is 3. The highest BCUT2D eigenvalue weighted by atomic mass is 19.4. The number of nitrogens with zero attached hydrogens (tertiary/aromatic N) is 1. The van der Waals surface area contributed by atoms with E-state index in [0.29, 0.717) is 12.6 Å². The molecule has 3 nitrogen and oxygen atoms in total. The van der Waals surface area contributed by atoms with Crippen LogP contribution in [0.3, 0.4) is 0 Å². The molecule has 0 radical (unpaired) electrons. The van der Waals surface area contributed by atoms with Gasteiger partial charge in [0.15, 0.2) is 0 Å². The lowest BCUT2D eigenvalue weighted by atomic mass is 10.0. The molecule has 1 aromatic rings. The third-order valence-corrected chi connectivity index (χ3v) is 3.90. The van der Waals surface area contributed by atoms with Gasteiger partial charge in [-0.1, -0.05) is 12.1 Å². The van der Waals surface area contributed by atoms with Crippen molar-refractivity contribution >= 4 is 0 Å². The van der Waals surface area contributed by atoms with Gasteiger partial charge in [-0.15, -0.1) is 0 Å². The molecular weight excluding hydrogens is 281 g/mol. The zero-order valence-corrected chi connectivity index (χ0v) is 12.3. The third kappa shape index (κ3) is 3.96. The summed E-state index contributed by atoms with van der Waals surface area (Å²) in [5, 5.41) is 3.31. The maximum atomic E-state index is 12.6. The van der Waals surface area contributed by atoms with Gasteiger partial charge in [-0.25, -0.2) is 0 Å². The second-order valence-corrected chi connectivity index (χ2v) is 5.38. The Balaban J connectivity index is 2.21. The Hall–Kier alpha value is -1.11. The maximum absolute atomic E-state index is 12.6. The number of halogens is 3. The predicted molar refractivity (Wildman–Crippen MR) is 75.1 cm³/mol. The summed E-state index contributed by atoms with van der Waals surface area (Å²) in [5.74, 6) is 0. The van der Waals surface area contributed by atoms with Crippen LogP contribution in [0, 0.1) is 0 Å². The summed E-state index contributed by atoms with van der Waals surface area (Å²) in [7, 11) is 1.62. The van der Waals surface area contributed by atoms with Crippen LogP contribution in [0.5, 0.6) is 0 Å². The molecule has 0 saturated carbocycles. The van der Waals surface area contributed by atoms with Crippen LogP contribution in [-0.4, -0.2) is 44.3 Å². The van der Waals surface area contributed by atoms with Gasteiger partial charge in [-0.3, -0.25) is 4.90 Å². The smallest absolute Gasteiger partial charge is 0.383 e. The molecular formula is C15H21F3N2O. The fourth-order valence-corrected chi connectivity index (χ4v) is 2.76. The first kappa shape index (κ1) is 16.3. The molecule has 1 N–H and O–H groups in total. The van der Waals surface area contributed by atoms with Gasteiger partial charge in [0.2, 0.25) is 0 Å². The van der Waals surface area contributed by atoms with E-state index in [1.807, 2.05) is 0 Å². The Labute approximate surface area is 123 Å². The van der Waals surface area contributed by atoms with Crippen molar-refractivity contribution in [2.45, 2.75) is 25.2 Å². The van der Waals surface area contributed by atoms with Gasteiger partial charge in [-0.05, 0) is 24.6 Å². The van der Waals surface area contributed by atoms with Crippen LogP contribution >= 0.6 is 0 Å². The number of hydrogen-bond donors (Lipinski definition) is 1. The lowest BCUT2D eigenvalue weighted by molar-refractivity contribution is -0.137. The summed E-state index contributed by atoms with van der Waals surface area (Å²) < 4.78 is 43.2. The van der Waals surface area contributed by atoms with Gasteiger partial charge in [0.1, 0.15) is 0 Å². The van der Waals surface area contributed by atoms with Crippen LogP contribution in [0.2, 0.25) is 0 Å². The quantitative estimate of drug-likeness (QED) is 0.925. The van der Waals surface area contributed by atoms with Gasteiger partial charge in [0.25, 0.3) is 0 Å². The Bertz CT molecular complexity index is 447. The number of alkyl halides is 3. The first-order chi connectivity index (χ1) is 9.93. The van der Waals surface area contributed by atoms with Crippen LogP contribution in [0.25, 0.3) is 0 Å². The SMILES string of the molecule is COC[C@H](c1ccc(C(F)(F)F)cc1)N1CCNC[C@H]1C. The fourth-order valence-electron chi connectivity index (χ4n) is 2.76. The molecule has 0 amide bonds. The monoisotopic (exact) mass is 302 g/mol. The average molecular weight is 302 g/mol. The lowest BCUT2D eigenvalue weighted by Crippen LogP contribution is -2.51. The van der Waals surface area contributed by atoms with E-state index in [0.717, 1.165) is 37.3 Å². The third-order valence-electron chi connectivity index (χ3n) is 3.90. The number of nitrogens with one attached hydrogen (secondary N) is 1. The number of benzene rings is 1. The molecule has 0 spiro atoms. The first-order valence-electron chi connectivity index (χ1n) is 7.06. The second kappa shape index (κ2) is 6.77. The van der Waals surface area contributed by atoms with Gasteiger partial charge >= 0.3 is 6.18 Å². The van der Waals surface area contributed by atoms with Crippen LogP contribution in [0.1, 0.15) is 24.1 Å². The van der Waals surface area contributed by atoms with Gasteiger partial charge in [0, 0.05) is 32.8 Å². The summed E-state index contributed by atoms with van der Waals surface area (Å²) >= 11 is 0. The molecule has 1 fully saturated rings. The van der Waals surface area contributed by atoms with Gasteiger partial charge in [0.05, 0.1) is 18.2 Å². The van der Waals surface area contributed by atoms with E-state index in [1.54, 1.807) is 19.2 Å². The number of piperazine rings is 1. The molecule has 0 unspecified atom stereocenters. The highest BCUT2D eigenvalue weighted by Crippen LogP contribution is 2.31. The molecule has 2 atom stereocenters. The van der Waals surface area contributed by atoms with Crippen molar-refractivity contribution in [3.05, 3.63) is 35.4 Å². The van der Waals surface area contributed by atoms with Crippen molar-refractivity contribution in [1.82, 2.24) is 10.2 Å². The highest BCUT2D eigenvalue weighted by Gasteiger charge is 2.31. The van der Waals surface area contributed by atoms with Crippen molar-refractivity contribution in [2.75, 3.05) is 33.4 Å². The van der Waals surface area contributed by atoms with Crippen molar-refractivity contribution in [1.29, 1.82) is 0 Å². The summed E-state index contributed by atoms with van der Waals surface area (Å²) in [6.45, 7) is 5.19. The van der Waals surface area contributed by atoms with E-state index in [4.69, 9.17) is 4.74 Å². The van der Waals surface area contributed by atoms with E-state index >= 15 is 0 Å². The minimum atomic E-state index is -4.29. The zero-order valence-electron chi connectivity index (χ0n) is 12.3. The minimum Gasteiger partial charge on any atom is -0.383 e. The summed E-state index contributed by atoms with van der Waals surface area (Å²) in [4.78, 5) is 2.28. The topological polar surface area (TPSA) is 24.5 Å². The molecule has 1 aliphatic heterocycles. The van der Waals surface area contributed by atoms with Gasteiger partial charge < -0.3 is 10.1 Å². The zero-order chi connectivity index (χ0) is 15.5. The Morgan fingerprint density at radius 3 is 2.52 bits per heavy atom. The predicted octanol–water partition coefficient (Wildman–Crippen LogP) is 2.69. The fraction of sp³-hybridized carbons (Fsp3) is 0.600. The molecule has 118 valence electrons. The second-order valence-electron chi connectivity index (χ2n) is 5.38. The number of methoxy groups -OCH3 is 1.